The van der Waals surface area contributed by atoms with Crippen LogP contribution in [0.15, 0.2) is 24.3 Å². The Bertz CT molecular complexity index is 1100. The van der Waals surface area contributed by atoms with Crippen molar-refractivity contribution < 1.29 is 24.1 Å². The maximum atomic E-state index is 12.5. The molecule has 220 valence electrons. The molecule has 2 bridgehead atoms. The van der Waals surface area contributed by atoms with Crippen LogP contribution in [0.3, 0.4) is 0 Å². The average molecular weight is 552 g/mol. The van der Waals surface area contributed by atoms with Gasteiger partial charge in [-0.15, -0.1) is 0 Å². The molecule has 6 nitrogen and oxygen atoms in total. The predicted molar refractivity (Wildman–Crippen MR) is 156 cm³/mol. The van der Waals surface area contributed by atoms with Gasteiger partial charge in [0.2, 0.25) is 6.79 Å². The molecule has 3 fully saturated rings. The van der Waals surface area contributed by atoms with Gasteiger partial charge in [0, 0.05) is 24.6 Å². The number of ether oxygens (including phenoxy) is 3. The van der Waals surface area contributed by atoms with Crippen molar-refractivity contribution in [2.45, 2.75) is 133 Å². The lowest BCUT2D eigenvalue weighted by Gasteiger charge is -2.63. The van der Waals surface area contributed by atoms with Gasteiger partial charge in [0.05, 0.1) is 11.0 Å². The SMILES string of the molecule is C=C1CC[C@@]2(O)C3Cc4ccc(OCOC(=O)CCCCCCCCCCC)c5c4[C@@]2(CCN3CC2CC2)[C@H]1O5. The molecule has 1 aromatic carbocycles. The van der Waals surface area contributed by atoms with E-state index in [4.69, 9.17) is 14.2 Å². The topological polar surface area (TPSA) is 68.2 Å². The Morgan fingerprint density at radius 1 is 1.10 bits per heavy atom. The van der Waals surface area contributed by atoms with Crippen molar-refractivity contribution in [3.63, 3.8) is 0 Å². The normalized spacial score (nSPS) is 30.1. The van der Waals surface area contributed by atoms with Gasteiger partial charge >= 0.3 is 5.97 Å². The van der Waals surface area contributed by atoms with Gasteiger partial charge in [0.25, 0.3) is 0 Å². The van der Waals surface area contributed by atoms with Crippen LogP contribution in [-0.2, 0) is 21.4 Å². The lowest BCUT2D eigenvalue weighted by molar-refractivity contribution is -0.174. The number of piperidine rings is 1. The molecule has 1 aromatic rings. The van der Waals surface area contributed by atoms with Crippen molar-refractivity contribution in [1.29, 1.82) is 0 Å². The molecular weight excluding hydrogens is 502 g/mol. The first kappa shape index (κ1) is 28.1. The molecule has 1 spiro atoms. The van der Waals surface area contributed by atoms with Crippen LogP contribution in [0.25, 0.3) is 0 Å². The first-order valence-electron chi connectivity index (χ1n) is 16.2. The molecule has 2 aliphatic heterocycles. The molecule has 5 aliphatic rings. The Kier molecular flexibility index (Phi) is 8.20. The van der Waals surface area contributed by atoms with Crippen LogP contribution in [0.5, 0.6) is 11.5 Å². The first-order chi connectivity index (χ1) is 19.5. The Morgan fingerprint density at radius 2 is 1.85 bits per heavy atom. The predicted octanol–water partition coefficient (Wildman–Crippen LogP) is 6.61. The van der Waals surface area contributed by atoms with Gasteiger partial charge in [-0.05, 0) is 74.6 Å². The number of esters is 1. The summed E-state index contributed by atoms with van der Waals surface area (Å²) in [5.74, 6) is 1.92. The molecule has 6 heteroatoms. The van der Waals surface area contributed by atoms with Crippen LogP contribution in [0, 0.1) is 5.92 Å². The van der Waals surface area contributed by atoms with Gasteiger partial charge < -0.3 is 19.3 Å². The van der Waals surface area contributed by atoms with Crippen molar-refractivity contribution in [2.75, 3.05) is 19.9 Å². The number of aliphatic hydroxyl groups is 1. The second-order valence-electron chi connectivity index (χ2n) is 13.2. The summed E-state index contributed by atoms with van der Waals surface area (Å²) in [6, 6.07) is 4.23. The van der Waals surface area contributed by atoms with Gasteiger partial charge in [0.15, 0.2) is 11.5 Å². The number of nitrogens with zero attached hydrogens (tertiary/aromatic N) is 1. The summed E-state index contributed by atoms with van der Waals surface area (Å²) in [5, 5.41) is 12.5. The molecule has 4 atom stereocenters. The first-order valence-corrected chi connectivity index (χ1v) is 16.2. The van der Waals surface area contributed by atoms with E-state index in [0.717, 1.165) is 74.4 Å². The zero-order valence-corrected chi connectivity index (χ0v) is 24.6. The number of unbranched alkanes of at least 4 members (excludes halogenated alkanes) is 8. The summed E-state index contributed by atoms with van der Waals surface area (Å²) in [5.41, 5.74) is 2.16. The van der Waals surface area contributed by atoms with E-state index in [-0.39, 0.29) is 24.9 Å². The van der Waals surface area contributed by atoms with E-state index in [1.807, 2.05) is 6.07 Å². The molecule has 0 amide bonds. The van der Waals surface area contributed by atoms with E-state index in [1.54, 1.807) is 0 Å². The highest BCUT2D eigenvalue weighted by molar-refractivity contribution is 5.69. The molecule has 1 N–H and O–H groups in total. The van der Waals surface area contributed by atoms with Crippen molar-refractivity contribution in [1.82, 2.24) is 4.90 Å². The van der Waals surface area contributed by atoms with Gasteiger partial charge in [-0.25, -0.2) is 0 Å². The van der Waals surface area contributed by atoms with E-state index in [2.05, 4.69) is 24.5 Å². The summed E-state index contributed by atoms with van der Waals surface area (Å²) in [4.78, 5) is 14.9. The molecule has 6 rings (SSSR count). The van der Waals surface area contributed by atoms with Crippen LogP contribution >= 0.6 is 0 Å². The third-order valence-corrected chi connectivity index (χ3v) is 10.6. The molecular formula is C34H49NO5. The van der Waals surface area contributed by atoms with Crippen LogP contribution in [0.4, 0.5) is 0 Å². The Balaban J connectivity index is 1.07. The van der Waals surface area contributed by atoms with E-state index in [1.165, 1.54) is 63.4 Å². The number of hydrogen-bond donors (Lipinski definition) is 1. The number of carbonyl (C=O) groups excluding carboxylic acids is 1. The van der Waals surface area contributed by atoms with Crippen molar-refractivity contribution in [3.05, 3.63) is 35.4 Å². The van der Waals surface area contributed by atoms with Crippen LogP contribution in [0.2, 0.25) is 0 Å². The molecule has 1 saturated heterocycles. The number of benzene rings is 1. The fourth-order valence-electron chi connectivity index (χ4n) is 8.31. The van der Waals surface area contributed by atoms with Gasteiger partial charge in [-0.3, -0.25) is 9.69 Å². The highest BCUT2D eigenvalue weighted by Crippen LogP contribution is 2.66. The van der Waals surface area contributed by atoms with Crippen molar-refractivity contribution in [2.24, 2.45) is 5.92 Å². The largest absolute Gasteiger partial charge is 0.481 e. The van der Waals surface area contributed by atoms with E-state index in [9.17, 15) is 9.90 Å². The third-order valence-electron chi connectivity index (χ3n) is 10.6. The molecule has 3 aliphatic carbocycles. The Morgan fingerprint density at radius 3 is 2.60 bits per heavy atom. The lowest BCUT2D eigenvalue weighted by atomic mass is 9.48. The number of rotatable bonds is 15. The second-order valence-corrected chi connectivity index (χ2v) is 13.2. The molecule has 2 saturated carbocycles. The van der Waals surface area contributed by atoms with Crippen LogP contribution in [0.1, 0.15) is 114 Å². The van der Waals surface area contributed by atoms with Crippen molar-refractivity contribution >= 4 is 5.97 Å². The standard InChI is InChI=1S/C34H49NO5/c1-3-4-5-6-7-8-9-10-11-12-29(36)39-23-38-27-16-15-26-21-28-34(37)18-17-24(2)32-33(34,30(26)31(27)40-32)19-20-35(28)22-25-13-14-25/h15-16,25,28,32,37H,2-14,17-23H2,1H3/t28?,32-,33-,34+/m0/s1. The molecule has 40 heavy (non-hydrogen) atoms. The second kappa shape index (κ2) is 11.7. The quantitative estimate of drug-likeness (QED) is 0.115. The van der Waals surface area contributed by atoms with Gasteiger partial charge in [-0.2, -0.15) is 0 Å². The van der Waals surface area contributed by atoms with Gasteiger partial charge in [-0.1, -0.05) is 70.9 Å². The third kappa shape index (κ3) is 4.98. The summed E-state index contributed by atoms with van der Waals surface area (Å²) < 4.78 is 18.1. The highest BCUT2D eigenvalue weighted by Gasteiger charge is 2.72. The zero-order chi connectivity index (χ0) is 27.7. The zero-order valence-electron chi connectivity index (χ0n) is 24.6. The maximum Gasteiger partial charge on any atom is 0.308 e. The van der Waals surface area contributed by atoms with E-state index < -0.39 is 11.0 Å². The molecule has 1 unspecified atom stereocenters. The summed E-state index contributed by atoms with van der Waals surface area (Å²) in [6.07, 6.45) is 17.0. The molecule has 0 aromatic heterocycles. The minimum atomic E-state index is -0.829. The maximum absolute atomic E-state index is 12.5. The summed E-state index contributed by atoms with van der Waals surface area (Å²) >= 11 is 0. The van der Waals surface area contributed by atoms with Gasteiger partial charge in [0.1, 0.15) is 6.10 Å². The lowest BCUT2D eigenvalue weighted by Crippen LogP contribution is -2.75. The molecule has 0 radical (unpaired) electrons. The Labute approximate surface area is 240 Å². The minimum absolute atomic E-state index is 0.119. The monoisotopic (exact) mass is 551 g/mol. The Hall–Kier alpha value is -2.05. The minimum Gasteiger partial charge on any atom is -0.481 e. The fraction of sp³-hybridized carbons (Fsp3) is 0.735. The van der Waals surface area contributed by atoms with Crippen molar-refractivity contribution in [3.8, 4) is 11.5 Å². The number of likely N-dealkylation sites (tertiary alicyclic amines) is 1. The number of hydrogen-bond acceptors (Lipinski definition) is 6. The summed E-state index contributed by atoms with van der Waals surface area (Å²) in [7, 11) is 0. The average Bonchev–Trinajstić information content (AvgIpc) is 3.69. The summed E-state index contributed by atoms with van der Waals surface area (Å²) in [6.45, 7) is 8.61. The van der Waals surface area contributed by atoms with E-state index in [0.29, 0.717) is 12.2 Å². The molecule has 2 heterocycles. The van der Waals surface area contributed by atoms with E-state index >= 15 is 0 Å². The highest BCUT2D eigenvalue weighted by atomic mass is 16.7. The van der Waals surface area contributed by atoms with Crippen LogP contribution in [-0.4, -0.2) is 53.6 Å². The number of carbonyl (C=O) groups is 1. The smallest absolute Gasteiger partial charge is 0.308 e. The van der Waals surface area contributed by atoms with Crippen LogP contribution < -0.4 is 9.47 Å². The fourth-order valence-corrected chi connectivity index (χ4v) is 8.31.